The van der Waals surface area contributed by atoms with Crippen LogP contribution in [0.2, 0.25) is 0 Å². The molecule has 1 aromatic rings. The molecule has 0 radical (unpaired) electrons. The number of para-hydroxylation sites is 1. The van der Waals surface area contributed by atoms with Gasteiger partial charge in [-0.05, 0) is 56.3 Å². The number of rotatable bonds is 2. The summed E-state index contributed by atoms with van der Waals surface area (Å²) in [5, 5.41) is 9.79. The molecule has 1 aromatic carbocycles. The van der Waals surface area contributed by atoms with Crippen LogP contribution in [0.1, 0.15) is 24.8 Å². The quantitative estimate of drug-likeness (QED) is 0.822. The number of fused-ring (bicyclic) bond motifs is 3. The second-order valence-electron chi connectivity index (χ2n) is 5.20. The van der Waals surface area contributed by atoms with Crippen LogP contribution in [0, 0.1) is 5.92 Å². The molecule has 0 saturated carbocycles. The predicted molar refractivity (Wildman–Crippen MR) is 64.5 cm³/mol. The Hall–Kier alpha value is -1.02. The van der Waals surface area contributed by atoms with E-state index in [1.54, 1.807) is 6.07 Å². The number of nitrogens with zero attached hydrogens (tertiary/aromatic N) is 1. The SMILES string of the molecule is Oc1ccccc1C[C@H]1CC2CCN1CC2. The normalized spacial score (nSPS) is 32.9. The first kappa shape index (κ1) is 10.2. The second kappa shape index (κ2) is 4.10. The Balaban J connectivity index is 1.73. The maximum atomic E-state index is 9.79. The molecule has 1 atom stereocenters. The molecule has 3 aliphatic heterocycles. The van der Waals surface area contributed by atoms with E-state index in [-0.39, 0.29) is 0 Å². The molecule has 0 amide bonds. The van der Waals surface area contributed by atoms with Crippen LogP contribution in [-0.2, 0) is 6.42 Å². The highest BCUT2D eigenvalue weighted by molar-refractivity contribution is 5.32. The second-order valence-corrected chi connectivity index (χ2v) is 5.20. The average molecular weight is 217 g/mol. The summed E-state index contributed by atoms with van der Waals surface area (Å²) in [4.78, 5) is 2.60. The van der Waals surface area contributed by atoms with Gasteiger partial charge in [0.2, 0.25) is 0 Å². The van der Waals surface area contributed by atoms with E-state index in [1.165, 1.54) is 32.4 Å². The number of benzene rings is 1. The molecule has 3 fully saturated rings. The zero-order valence-electron chi connectivity index (χ0n) is 9.60. The number of hydrogen-bond donors (Lipinski definition) is 1. The predicted octanol–water partition coefficient (Wildman–Crippen LogP) is 2.42. The minimum absolute atomic E-state index is 0.463. The largest absolute Gasteiger partial charge is 0.508 e. The van der Waals surface area contributed by atoms with Crippen LogP contribution in [0.3, 0.4) is 0 Å². The van der Waals surface area contributed by atoms with Gasteiger partial charge in [0.15, 0.2) is 0 Å². The Bertz CT molecular complexity index is 369. The van der Waals surface area contributed by atoms with Gasteiger partial charge < -0.3 is 10.0 Å². The van der Waals surface area contributed by atoms with Crippen LogP contribution in [0.5, 0.6) is 5.75 Å². The Morgan fingerprint density at radius 1 is 1.19 bits per heavy atom. The van der Waals surface area contributed by atoms with Crippen LogP contribution < -0.4 is 0 Å². The molecule has 86 valence electrons. The highest BCUT2D eigenvalue weighted by Crippen LogP contribution is 2.34. The maximum Gasteiger partial charge on any atom is 0.118 e. The summed E-state index contributed by atoms with van der Waals surface area (Å²) in [6, 6.07) is 8.43. The van der Waals surface area contributed by atoms with E-state index in [4.69, 9.17) is 0 Å². The van der Waals surface area contributed by atoms with Crippen molar-refractivity contribution in [1.29, 1.82) is 0 Å². The van der Waals surface area contributed by atoms with Gasteiger partial charge in [-0.3, -0.25) is 0 Å². The van der Waals surface area contributed by atoms with E-state index in [2.05, 4.69) is 11.0 Å². The summed E-state index contributed by atoms with van der Waals surface area (Å²) in [7, 11) is 0. The third-order valence-electron chi connectivity index (χ3n) is 4.22. The van der Waals surface area contributed by atoms with Gasteiger partial charge in [0.05, 0.1) is 0 Å². The zero-order chi connectivity index (χ0) is 11.0. The molecule has 0 spiro atoms. The highest BCUT2D eigenvalue weighted by Gasteiger charge is 2.33. The zero-order valence-corrected chi connectivity index (χ0v) is 9.60. The standard InChI is InChI=1S/C14H19NO/c16-14-4-2-1-3-12(14)10-13-9-11-5-7-15(13)8-6-11/h1-4,11,13,16H,5-10H2/t13-/m1/s1. The lowest BCUT2D eigenvalue weighted by atomic mass is 9.81. The maximum absolute atomic E-state index is 9.79. The van der Waals surface area contributed by atoms with E-state index in [1.807, 2.05) is 12.1 Å². The molecule has 0 aromatic heterocycles. The fourth-order valence-electron chi connectivity index (χ4n) is 3.24. The minimum Gasteiger partial charge on any atom is -0.508 e. The Morgan fingerprint density at radius 3 is 2.56 bits per heavy atom. The fourth-order valence-corrected chi connectivity index (χ4v) is 3.24. The van der Waals surface area contributed by atoms with Crippen molar-refractivity contribution in [3.05, 3.63) is 29.8 Å². The molecule has 0 unspecified atom stereocenters. The van der Waals surface area contributed by atoms with E-state index in [0.29, 0.717) is 11.8 Å². The van der Waals surface area contributed by atoms with Crippen molar-refractivity contribution >= 4 is 0 Å². The van der Waals surface area contributed by atoms with Crippen LogP contribution in [0.4, 0.5) is 0 Å². The molecule has 3 heterocycles. The molecular formula is C14H19NO. The summed E-state index contributed by atoms with van der Waals surface area (Å²) in [6.45, 7) is 2.53. The molecule has 3 saturated heterocycles. The van der Waals surface area contributed by atoms with Gasteiger partial charge >= 0.3 is 0 Å². The van der Waals surface area contributed by atoms with Gasteiger partial charge in [-0.2, -0.15) is 0 Å². The van der Waals surface area contributed by atoms with E-state index >= 15 is 0 Å². The third-order valence-corrected chi connectivity index (χ3v) is 4.22. The molecule has 16 heavy (non-hydrogen) atoms. The first-order chi connectivity index (χ1) is 7.83. The van der Waals surface area contributed by atoms with Crippen LogP contribution in [0.15, 0.2) is 24.3 Å². The first-order valence-corrected chi connectivity index (χ1v) is 6.34. The van der Waals surface area contributed by atoms with E-state index in [9.17, 15) is 5.11 Å². The van der Waals surface area contributed by atoms with Crippen molar-refractivity contribution in [1.82, 2.24) is 4.90 Å². The van der Waals surface area contributed by atoms with Crippen LogP contribution in [0.25, 0.3) is 0 Å². The summed E-state index contributed by atoms with van der Waals surface area (Å²) in [5.41, 5.74) is 1.11. The summed E-state index contributed by atoms with van der Waals surface area (Å²) in [5.74, 6) is 1.41. The first-order valence-electron chi connectivity index (χ1n) is 6.34. The van der Waals surface area contributed by atoms with Crippen molar-refractivity contribution in [3.63, 3.8) is 0 Å². The van der Waals surface area contributed by atoms with E-state index in [0.717, 1.165) is 17.9 Å². The molecule has 2 nitrogen and oxygen atoms in total. The summed E-state index contributed by atoms with van der Waals surface area (Å²) < 4.78 is 0. The van der Waals surface area contributed by atoms with Crippen LogP contribution in [-0.4, -0.2) is 29.1 Å². The number of hydrogen-bond acceptors (Lipinski definition) is 2. The van der Waals surface area contributed by atoms with Crippen molar-refractivity contribution in [2.24, 2.45) is 5.92 Å². The van der Waals surface area contributed by atoms with Gasteiger partial charge in [-0.25, -0.2) is 0 Å². The lowest BCUT2D eigenvalue weighted by molar-refractivity contribution is 0.0496. The smallest absolute Gasteiger partial charge is 0.118 e. The molecule has 2 bridgehead atoms. The lowest BCUT2D eigenvalue weighted by Crippen LogP contribution is -2.49. The Kier molecular flexibility index (Phi) is 2.60. The van der Waals surface area contributed by atoms with Crippen molar-refractivity contribution in [3.8, 4) is 5.75 Å². The number of aromatic hydroxyl groups is 1. The lowest BCUT2D eigenvalue weighted by Gasteiger charge is -2.45. The van der Waals surface area contributed by atoms with Gasteiger partial charge in [-0.1, -0.05) is 18.2 Å². The topological polar surface area (TPSA) is 23.5 Å². The monoisotopic (exact) mass is 217 g/mol. The van der Waals surface area contributed by atoms with Crippen LogP contribution >= 0.6 is 0 Å². The molecule has 4 rings (SSSR count). The van der Waals surface area contributed by atoms with Crippen molar-refractivity contribution in [2.75, 3.05) is 13.1 Å². The Morgan fingerprint density at radius 2 is 1.94 bits per heavy atom. The number of piperidine rings is 3. The molecular weight excluding hydrogens is 198 g/mol. The molecule has 3 aliphatic rings. The minimum atomic E-state index is 0.463. The number of phenols is 1. The third kappa shape index (κ3) is 1.82. The average Bonchev–Trinajstić information content (AvgIpc) is 2.34. The molecule has 2 heteroatoms. The van der Waals surface area contributed by atoms with Gasteiger partial charge in [0.1, 0.15) is 5.75 Å². The van der Waals surface area contributed by atoms with Gasteiger partial charge in [-0.15, -0.1) is 0 Å². The summed E-state index contributed by atoms with van der Waals surface area (Å²) in [6.07, 6.45) is 5.12. The number of phenolic OH excluding ortho intramolecular Hbond substituents is 1. The van der Waals surface area contributed by atoms with Gasteiger partial charge in [0.25, 0.3) is 0 Å². The van der Waals surface area contributed by atoms with Gasteiger partial charge in [0, 0.05) is 6.04 Å². The van der Waals surface area contributed by atoms with Crippen molar-refractivity contribution in [2.45, 2.75) is 31.7 Å². The Labute approximate surface area is 96.9 Å². The van der Waals surface area contributed by atoms with Crippen molar-refractivity contribution < 1.29 is 5.11 Å². The molecule has 0 aliphatic carbocycles. The fraction of sp³-hybridized carbons (Fsp3) is 0.571. The van der Waals surface area contributed by atoms with E-state index < -0.39 is 0 Å². The molecule has 1 N–H and O–H groups in total. The summed E-state index contributed by atoms with van der Waals surface area (Å²) >= 11 is 0. The highest BCUT2D eigenvalue weighted by atomic mass is 16.3.